The van der Waals surface area contributed by atoms with Crippen molar-refractivity contribution in [2.45, 2.75) is 57.5 Å². The highest BCUT2D eigenvalue weighted by molar-refractivity contribution is 8.00. The van der Waals surface area contributed by atoms with Crippen LogP contribution in [-0.4, -0.2) is 31.4 Å². The standard InChI is InChI=1S/C17H25N5OS/c1-11(2)10-22-17(19-20-21-22)24-13(5)16(23)18-15-9-7-6-8-14(15)12(3)4/h6-9,11-13H,10H2,1-5H3,(H,18,23). The molecule has 24 heavy (non-hydrogen) atoms. The predicted octanol–water partition coefficient (Wildman–Crippen LogP) is 3.57. The summed E-state index contributed by atoms with van der Waals surface area (Å²) in [6, 6.07) is 7.90. The lowest BCUT2D eigenvalue weighted by atomic mass is 10.0. The number of tetrazole rings is 1. The Bertz CT molecular complexity index is 683. The second-order valence-electron chi connectivity index (χ2n) is 6.53. The Morgan fingerprint density at radius 3 is 2.58 bits per heavy atom. The molecule has 1 atom stereocenters. The fourth-order valence-electron chi connectivity index (χ4n) is 2.30. The molecule has 2 aromatic rings. The Hall–Kier alpha value is -1.89. The molecule has 0 bridgehead atoms. The van der Waals surface area contributed by atoms with Gasteiger partial charge in [0.2, 0.25) is 11.1 Å². The summed E-state index contributed by atoms with van der Waals surface area (Å²) in [6.07, 6.45) is 0. The Kier molecular flexibility index (Phi) is 6.36. The van der Waals surface area contributed by atoms with E-state index in [1.54, 1.807) is 4.68 Å². The lowest BCUT2D eigenvalue weighted by Crippen LogP contribution is -2.24. The fourth-order valence-corrected chi connectivity index (χ4v) is 3.10. The molecule has 2 rings (SSSR count). The second kappa shape index (κ2) is 8.28. The third-order valence-corrected chi connectivity index (χ3v) is 4.60. The number of benzene rings is 1. The first kappa shape index (κ1) is 18.4. The first-order valence-electron chi connectivity index (χ1n) is 8.21. The SMILES string of the molecule is CC(C)Cn1nnnc1SC(C)C(=O)Nc1ccccc1C(C)C. The Balaban J connectivity index is 2.05. The summed E-state index contributed by atoms with van der Waals surface area (Å²) in [7, 11) is 0. The first-order valence-corrected chi connectivity index (χ1v) is 9.09. The van der Waals surface area contributed by atoms with E-state index < -0.39 is 0 Å². The van der Waals surface area contributed by atoms with Crippen molar-refractivity contribution in [3.63, 3.8) is 0 Å². The van der Waals surface area contributed by atoms with Crippen LogP contribution >= 0.6 is 11.8 Å². The number of rotatable bonds is 7. The van der Waals surface area contributed by atoms with Gasteiger partial charge in [-0.15, -0.1) is 5.10 Å². The molecule has 0 aliphatic heterocycles. The molecule has 0 fully saturated rings. The van der Waals surface area contributed by atoms with E-state index in [4.69, 9.17) is 0 Å². The number of carbonyl (C=O) groups is 1. The highest BCUT2D eigenvalue weighted by Gasteiger charge is 2.20. The molecule has 1 aromatic heterocycles. The average molecular weight is 347 g/mol. The summed E-state index contributed by atoms with van der Waals surface area (Å²) in [5.74, 6) is 0.741. The Morgan fingerprint density at radius 2 is 1.92 bits per heavy atom. The van der Waals surface area contributed by atoms with E-state index in [-0.39, 0.29) is 11.2 Å². The summed E-state index contributed by atoms with van der Waals surface area (Å²) >= 11 is 1.38. The van der Waals surface area contributed by atoms with Crippen LogP contribution in [0.1, 0.15) is 46.1 Å². The zero-order chi connectivity index (χ0) is 17.7. The molecule has 1 unspecified atom stereocenters. The topological polar surface area (TPSA) is 72.7 Å². The quantitative estimate of drug-likeness (QED) is 0.775. The van der Waals surface area contributed by atoms with Crippen molar-refractivity contribution in [1.29, 1.82) is 0 Å². The van der Waals surface area contributed by atoms with E-state index in [9.17, 15) is 4.79 Å². The second-order valence-corrected chi connectivity index (χ2v) is 7.84. The number of amides is 1. The highest BCUT2D eigenvalue weighted by Crippen LogP contribution is 2.26. The van der Waals surface area contributed by atoms with E-state index in [1.165, 1.54) is 11.8 Å². The third-order valence-electron chi connectivity index (χ3n) is 3.53. The summed E-state index contributed by atoms with van der Waals surface area (Å²) in [5, 5.41) is 15.1. The van der Waals surface area contributed by atoms with Crippen LogP contribution in [0.15, 0.2) is 29.4 Å². The summed E-state index contributed by atoms with van der Waals surface area (Å²) in [5.41, 5.74) is 2.00. The van der Waals surface area contributed by atoms with E-state index in [1.807, 2.05) is 31.2 Å². The number of nitrogens with one attached hydrogen (secondary N) is 1. The molecule has 1 N–H and O–H groups in total. The molecule has 7 heteroatoms. The van der Waals surface area contributed by atoms with Crippen molar-refractivity contribution in [3.05, 3.63) is 29.8 Å². The minimum absolute atomic E-state index is 0.0489. The van der Waals surface area contributed by atoms with Gasteiger partial charge < -0.3 is 5.32 Å². The van der Waals surface area contributed by atoms with E-state index in [2.05, 4.69) is 48.5 Å². The summed E-state index contributed by atoms with van der Waals surface area (Å²) in [6.45, 7) is 11.0. The van der Waals surface area contributed by atoms with Gasteiger partial charge in [0.25, 0.3) is 0 Å². The minimum Gasteiger partial charge on any atom is -0.325 e. The number of para-hydroxylation sites is 1. The molecular formula is C17H25N5OS. The van der Waals surface area contributed by atoms with Gasteiger partial charge in [-0.25, -0.2) is 4.68 Å². The fraction of sp³-hybridized carbons (Fsp3) is 0.529. The lowest BCUT2D eigenvalue weighted by molar-refractivity contribution is -0.115. The normalized spacial score (nSPS) is 12.6. The molecule has 0 aliphatic carbocycles. The summed E-state index contributed by atoms with van der Waals surface area (Å²) in [4.78, 5) is 12.5. The first-order chi connectivity index (χ1) is 11.4. The number of anilines is 1. The van der Waals surface area contributed by atoms with Gasteiger partial charge in [-0.1, -0.05) is 57.7 Å². The van der Waals surface area contributed by atoms with Gasteiger partial charge in [-0.05, 0) is 40.8 Å². The molecule has 0 spiro atoms. The Morgan fingerprint density at radius 1 is 1.21 bits per heavy atom. The molecule has 1 heterocycles. The van der Waals surface area contributed by atoms with Crippen molar-refractivity contribution >= 4 is 23.4 Å². The zero-order valence-corrected chi connectivity index (χ0v) is 15.7. The van der Waals surface area contributed by atoms with Crippen LogP contribution in [0.4, 0.5) is 5.69 Å². The molecule has 0 saturated carbocycles. The molecule has 6 nitrogen and oxygen atoms in total. The van der Waals surface area contributed by atoms with E-state index in [0.29, 0.717) is 17.0 Å². The molecule has 0 radical (unpaired) electrons. The van der Waals surface area contributed by atoms with Crippen molar-refractivity contribution in [3.8, 4) is 0 Å². The highest BCUT2D eigenvalue weighted by atomic mass is 32.2. The van der Waals surface area contributed by atoms with Gasteiger partial charge in [0.15, 0.2) is 0 Å². The summed E-state index contributed by atoms with van der Waals surface area (Å²) < 4.78 is 1.75. The van der Waals surface area contributed by atoms with Crippen molar-refractivity contribution < 1.29 is 4.79 Å². The van der Waals surface area contributed by atoms with Crippen LogP contribution in [0.5, 0.6) is 0 Å². The van der Waals surface area contributed by atoms with E-state index in [0.717, 1.165) is 17.8 Å². The van der Waals surface area contributed by atoms with E-state index >= 15 is 0 Å². The molecule has 1 amide bonds. The number of nitrogens with zero attached hydrogens (tertiary/aromatic N) is 4. The number of hydrogen-bond acceptors (Lipinski definition) is 5. The number of carbonyl (C=O) groups excluding carboxylic acids is 1. The largest absolute Gasteiger partial charge is 0.325 e. The van der Waals surface area contributed by atoms with Gasteiger partial charge in [0.1, 0.15) is 0 Å². The zero-order valence-electron chi connectivity index (χ0n) is 14.9. The van der Waals surface area contributed by atoms with Gasteiger partial charge in [0, 0.05) is 12.2 Å². The molecule has 1 aromatic carbocycles. The van der Waals surface area contributed by atoms with Crippen LogP contribution in [0.2, 0.25) is 0 Å². The predicted molar refractivity (Wildman–Crippen MR) is 97.1 cm³/mol. The molecule has 0 saturated heterocycles. The van der Waals surface area contributed by atoms with Crippen LogP contribution in [0, 0.1) is 5.92 Å². The van der Waals surface area contributed by atoms with Gasteiger partial charge in [-0.3, -0.25) is 4.79 Å². The average Bonchev–Trinajstić information content (AvgIpc) is 2.93. The van der Waals surface area contributed by atoms with Crippen LogP contribution in [0.3, 0.4) is 0 Å². The lowest BCUT2D eigenvalue weighted by Gasteiger charge is -2.16. The molecule has 130 valence electrons. The minimum atomic E-state index is -0.290. The maximum absolute atomic E-state index is 12.5. The molecule has 0 aliphatic rings. The Labute approximate surface area is 147 Å². The van der Waals surface area contributed by atoms with Gasteiger partial charge >= 0.3 is 0 Å². The number of hydrogen-bond donors (Lipinski definition) is 1. The van der Waals surface area contributed by atoms with Crippen molar-refractivity contribution in [1.82, 2.24) is 20.2 Å². The van der Waals surface area contributed by atoms with Crippen LogP contribution < -0.4 is 5.32 Å². The number of aromatic nitrogens is 4. The van der Waals surface area contributed by atoms with Crippen LogP contribution in [-0.2, 0) is 11.3 Å². The van der Waals surface area contributed by atoms with Crippen molar-refractivity contribution in [2.75, 3.05) is 5.32 Å². The van der Waals surface area contributed by atoms with Crippen LogP contribution in [0.25, 0.3) is 0 Å². The van der Waals surface area contributed by atoms with Gasteiger partial charge in [-0.2, -0.15) is 0 Å². The molecular weight excluding hydrogens is 322 g/mol. The third kappa shape index (κ3) is 4.80. The maximum Gasteiger partial charge on any atom is 0.237 e. The van der Waals surface area contributed by atoms with Crippen molar-refractivity contribution in [2.24, 2.45) is 5.92 Å². The van der Waals surface area contributed by atoms with Gasteiger partial charge in [0.05, 0.1) is 5.25 Å². The maximum atomic E-state index is 12.5. The smallest absolute Gasteiger partial charge is 0.237 e. The monoisotopic (exact) mass is 347 g/mol. The number of thioether (sulfide) groups is 1.